The zero-order valence-corrected chi connectivity index (χ0v) is 7.48. The average molecular weight is 211 g/mol. The number of hydrogen-bond donors (Lipinski definition) is 2. The topological polar surface area (TPSA) is 80.5 Å². The fraction of sp³-hybridized carbons (Fsp3) is 0.125. The highest BCUT2D eigenvalue weighted by atomic mass is 19.2. The second-order valence-electron chi connectivity index (χ2n) is 2.92. The maximum Gasteiger partial charge on any atom is 0.195 e. The summed E-state index contributed by atoms with van der Waals surface area (Å²) in [6, 6.07) is 2.67. The fourth-order valence-corrected chi connectivity index (χ4v) is 1.16. The Bertz CT molecular complexity index is 456. The van der Waals surface area contributed by atoms with E-state index in [1.807, 2.05) is 0 Å². The Morgan fingerprint density at radius 1 is 1.27 bits per heavy atom. The van der Waals surface area contributed by atoms with Crippen LogP contribution in [0.4, 0.5) is 8.78 Å². The molecular formula is C8H7F2N5. The Balaban J connectivity index is 2.34. The Morgan fingerprint density at radius 3 is 2.67 bits per heavy atom. The Morgan fingerprint density at radius 2 is 2.07 bits per heavy atom. The van der Waals surface area contributed by atoms with Gasteiger partial charge in [-0.15, -0.1) is 10.2 Å². The second kappa shape index (κ2) is 3.70. The lowest BCUT2D eigenvalue weighted by Crippen LogP contribution is -2.14. The van der Waals surface area contributed by atoms with Crippen molar-refractivity contribution in [2.75, 3.05) is 0 Å². The van der Waals surface area contributed by atoms with Crippen LogP contribution in [0, 0.1) is 11.6 Å². The smallest absolute Gasteiger partial charge is 0.195 e. The first-order chi connectivity index (χ1) is 7.18. The first kappa shape index (κ1) is 9.66. The second-order valence-corrected chi connectivity index (χ2v) is 2.92. The van der Waals surface area contributed by atoms with Crippen LogP contribution in [0.15, 0.2) is 18.2 Å². The number of benzene rings is 1. The number of nitrogens with one attached hydrogen (secondary N) is 1. The van der Waals surface area contributed by atoms with Crippen molar-refractivity contribution in [3.63, 3.8) is 0 Å². The summed E-state index contributed by atoms with van der Waals surface area (Å²) in [6.07, 6.45) is 0. The molecule has 0 fully saturated rings. The standard InChI is InChI=1S/C8H7F2N5/c9-5-2-1-4(3-6(5)10)7(11)8-12-14-15-13-8/h1-3,7H,11H2,(H,12,13,14,15)/t7-/m1/s1. The van der Waals surface area contributed by atoms with E-state index in [1.54, 1.807) is 0 Å². The number of H-pyrrole nitrogens is 1. The van der Waals surface area contributed by atoms with Crippen LogP contribution in [0.3, 0.4) is 0 Å². The molecule has 1 heterocycles. The molecular weight excluding hydrogens is 204 g/mol. The van der Waals surface area contributed by atoms with E-state index in [9.17, 15) is 8.78 Å². The van der Waals surface area contributed by atoms with Crippen LogP contribution >= 0.6 is 0 Å². The predicted octanol–water partition coefficient (Wildman–Crippen LogP) is 0.526. The zero-order chi connectivity index (χ0) is 10.8. The monoisotopic (exact) mass is 211 g/mol. The van der Waals surface area contributed by atoms with Gasteiger partial charge in [0.25, 0.3) is 0 Å². The molecule has 0 unspecified atom stereocenters. The molecule has 0 saturated carbocycles. The van der Waals surface area contributed by atoms with E-state index in [-0.39, 0.29) is 5.82 Å². The molecule has 0 aliphatic rings. The maximum absolute atomic E-state index is 12.9. The minimum Gasteiger partial charge on any atom is -0.318 e. The Labute approximate surface area is 83.3 Å². The van der Waals surface area contributed by atoms with Gasteiger partial charge in [0.2, 0.25) is 0 Å². The van der Waals surface area contributed by atoms with Gasteiger partial charge in [-0.2, -0.15) is 5.21 Å². The summed E-state index contributed by atoms with van der Waals surface area (Å²) in [7, 11) is 0. The van der Waals surface area contributed by atoms with Crippen LogP contribution in [-0.2, 0) is 0 Å². The first-order valence-corrected chi connectivity index (χ1v) is 4.12. The molecule has 0 aliphatic carbocycles. The Kier molecular flexibility index (Phi) is 2.38. The summed E-state index contributed by atoms with van der Waals surface area (Å²) in [5.41, 5.74) is 6.09. The highest BCUT2D eigenvalue weighted by Gasteiger charge is 2.15. The molecule has 2 aromatic rings. The molecule has 0 saturated heterocycles. The molecule has 0 spiro atoms. The van der Waals surface area contributed by atoms with E-state index >= 15 is 0 Å². The molecule has 0 bridgehead atoms. The third-order valence-electron chi connectivity index (χ3n) is 1.94. The predicted molar refractivity (Wildman–Crippen MR) is 46.6 cm³/mol. The molecule has 0 radical (unpaired) electrons. The van der Waals surface area contributed by atoms with Gasteiger partial charge in [0.15, 0.2) is 17.5 Å². The van der Waals surface area contributed by atoms with Crippen LogP contribution in [0.5, 0.6) is 0 Å². The normalized spacial score (nSPS) is 12.7. The van der Waals surface area contributed by atoms with E-state index in [2.05, 4.69) is 20.6 Å². The number of aromatic amines is 1. The number of nitrogens with zero attached hydrogens (tertiary/aromatic N) is 3. The largest absolute Gasteiger partial charge is 0.318 e. The maximum atomic E-state index is 12.9. The minimum atomic E-state index is -0.952. The third-order valence-corrected chi connectivity index (χ3v) is 1.94. The van der Waals surface area contributed by atoms with Gasteiger partial charge in [0, 0.05) is 0 Å². The summed E-state index contributed by atoms with van der Waals surface area (Å²) < 4.78 is 25.5. The van der Waals surface area contributed by atoms with E-state index in [1.165, 1.54) is 6.07 Å². The van der Waals surface area contributed by atoms with E-state index in [0.29, 0.717) is 5.56 Å². The van der Waals surface area contributed by atoms with Crippen molar-refractivity contribution in [3.05, 3.63) is 41.2 Å². The SMILES string of the molecule is N[C@H](c1ccc(F)c(F)c1)c1nn[nH]n1. The van der Waals surface area contributed by atoms with Crippen LogP contribution in [0.2, 0.25) is 0 Å². The fourth-order valence-electron chi connectivity index (χ4n) is 1.16. The molecule has 0 amide bonds. The molecule has 15 heavy (non-hydrogen) atoms. The number of rotatable bonds is 2. The molecule has 7 heteroatoms. The van der Waals surface area contributed by atoms with Gasteiger partial charge in [-0.05, 0) is 17.7 Å². The van der Waals surface area contributed by atoms with Crippen molar-refractivity contribution in [2.45, 2.75) is 6.04 Å². The van der Waals surface area contributed by atoms with Crippen LogP contribution in [-0.4, -0.2) is 20.6 Å². The van der Waals surface area contributed by atoms with Gasteiger partial charge < -0.3 is 5.73 Å². The van der Waals surface area contributed by atoms with Crippen LogP contribution in [0.1, 0.15) is 17.4 Å². The van der Waals surface area contributed by atoms with Crippen LogP contribution in [0.25, 0.3) is 0 Å². The van der Waals surface area contributed by atoms with Gasteiger partial charge >= 0.3 is 0 Å². The van der Waals surface area contributed by atoms with E-state index in [4.69, 9.17) is 5.73 Å². The van der Waals surface area contributed by atoms with Crippen molar-refractivity contribution in [3.8, 4) is 0 Å². The number of halogens is 2. The molecule has 2 rings (SSSR count). The van der Waals surface area contributed by atoms with Gasteiger partial charge in [-0.25, -0.2) is 8.78 Å². The summed E-state index contributed by atoms with van der Waals surface area (Å²) in [4.78, 5) is 0. The quantitative estimate of drug-likeness (QED) is 0.759. The lowest BCUT2D eigenvalue weighted by molar-refractivity contribution is 0.506. The molecule has 78 valence electrons. The molecule has 1 atom stereocenters. The average Bonchev–Trinajstić information content (AvgIpc) is 2.74. The van der Waals surface area contributed by atoms with Gasteiger partial charge in [-0.1, -0.05) is 11.3 Å². The van der Waals surface area contributed by atoms with Crippen LogP contribution < -0.4 is 5.73 Å². The molecule has 5 nitrogen and oxygen atoms in total. The van der Waals surface area contributed by atoms with Gasteiger partial charge in [0.1, 0.15) is 0 Å². The van der Waals surface area contributed by atoms with E-state index in [0.717, 1.165) is 12.1 Å². The highest BCUT2D eigenvalue weighted by molar-refractivity contribution is 5.24. The van der Waals surface area contributed by atoms with Crippen molar-refractivity contribution in [2.24, 2.45) is 5.73 Å². The van der Waals surface area contributed by atoms with E-state index < -0.39 is 17.7 Å². The Hall–Kier alpha value is -1.89. The summed E-state index contributed by atoms with van der Waals surface area (Å²) in [5, 5.41) is 12.9. The number of aromatic nitrogens is 4. The molecule has 3 N–H and O–H groups in total. The molecule has 1 aromatic carbocycles. The zero-order valence-electron chi connectivity index (χ0n) is 7.48. The van der Waals surface area contributed by atoms with Gasteiger partial charge in [-0.3, -0.25) is 0 Å². The highest BCUT2D eigenvalue weighted by Crippen LogP contribution is 2.17. The van der Waals surface area contributed by atoms with Crippen molar-refractivity contribution >= 4 is 0 Å². The first-order valence-electron chi connectivity index (χ1n) is 4.12. The minimum absolute atomic E-state index is 0.223. The van der Waals surface area contributed by atoms with Crippen molar-refractivity contribution in [1.82, 2.24) is 20.6 Å². The molecule has 0 aliphatic heterocycles. The number of nitrogens with two attached hydrogens (primary N) is 1. The van der Waals surface area contributed by atoms with Crippen molar-refractivity contribution in [1.29, 1.82) is 0 Å². The lowest BCUT2D eigenvalue weighted by Gasteiger charge is -2.07. The summed E-state index contributed by atoms with van der Waals surface area (Å²) in [6.45, 7) is 0. The van der Waals surface area contributed by atoms with Gasteiger partial charge in [0.05, 0.1) is 6.04 Å². The third kappa shape index (κ3) is 1.82. The van der Waals surface area contributed by atoms with Crippen molar-refractivity contribution < 1.29 is 8.78 Å². The number of hydrogen-bond acceptors (Lipinski definition) is 4. The lowest BCUT2D eigenvalue weighted by atomic mass is 10.1. The number of tetrazole rings is 1. The summed E-state index contributed by atoms with van der Waals surface area (Å²) >= 11 is 0. The molecule has 1 aromatic heterocycles. The summed E-state index contributed by atoms with van der Waals surface area (Å²) in [5.74, 6) is -1.65.